The second-order valence-corrected chi connectivity index (χ2v) is 4.57. The molecule has 2 aromatic rings. The van der Waals surface area contributed by atoms with Crippen LogP contribution in [0.3, 0.4) is 0 Å². The number of anilines is 1. The molecule has 5 heteroatoms. The van der Waals surface area contributed by atoms with E-state index in [9.17, 15) is 9.18 Å². The number of hydrogen-bond donors (Lipinski definition) is 2. The van der Waals surface area contributed by atoms with Gasteiger partial charge in [0.25, 0.3) is 5.91 Å². The van der Waals surface area contributed by atoms with Crippen molar-refractivity contribution in [3.63, 3.8) is 0 Å². The SMILES string of the molecule is CCNc1ncccc1C(=O)NCCc1cccc(F)c1. The summed E-state index contributed by atoms with van der Waals surface area (Å²) < 4.78 is 13.1. The standard InChI is InChI=1S/C16H18FN3O/c1-2-18-15-14(7-4-9-19-15)16(21)20-10-8-12-5-3-6-13(17)11-12/h3-7,9,11H,2,8,10H2,1H3,(H,18,19)(H,20,21). The van der Waals surface area contributed by atoms with Crippen molar-refractivity contribution in [1.82, 2.24) is 10.3 Å². The second-order valence-electron chi connectivity index (χ2n) is 4.57. The minimum Gasteiger partial charge on any atom is -0.370 e. The minimum absolute atomic E-state index is 0.185. The van der Waals surface area contributed by atoms with Gasteiger partial charge in [-0.3, -0.25) is 4.79 Å². The molecule has 0 aliphatic carbocycles. The average Bonchev–Trinajstić information content (AvgIpc) is 2.48. The topological polar surface area (TPSA) is 54.0 Å². The van der Waals surface area contributed by atoms with E-state index in [4.69, 9.17) is 0 Å². The van der Waals surface area contributed by atoms with Crippen molar-refractivity contribution in [3.05, 3.63) is 59.5 Å². The Balaban J connectivity index is 1.93. The third kappa shape index (κ3) is 4.27. The first-order valence-electron chi connectivity index (χ1n) is 6.92. The van der Waals surface area contributed by atoms with Crippen LogP contribution >= 0.6 is 0 Å². The lowest BCUT2D eigenvalue weighted by molar-refractivity contribution is 0.0954. The Kier molecular flexibility index (Phi) is 5.26. The Hall–Kier alpha value is -2.43. The van der Waals surface area contributed by atoms with Gasteiger partial charge in [-0.2, -0.15) is 0 Å². The summed E-state index contributed by atoms with van der Waals surface area (Å²) in [6.45, 7) is 3.09. The lowest BCUT2D eigenvalue weighted by Crippen LogP contribution is -2.26. The Morgan fingerprint density at radius 1 is 1.29 bits per heavy atom. The molecular formula is C16H18FN3O. The van der Waals surface area contributed by atoms with Crippen LogP contribution in [0.5, 0.6) is 0 Å². The van der Waals surface area contributed by atoms with Gasteiger partial charge >= 0.3 is 0 Å². The number of pyridine rings is 1. The molecule has 0 aliphatic rings. The summed E-state index contributed by atoms with van der Waals surface area (Å²) in [5.41, 5.74) is 1.37. The maximum absolute atomic E-state index is 13.1. The van der Waals surface area contributed by atoms with Crippen LogP contribution in [0.1, 0.15) is 22.8 Å². The predicted octanol–water partition coefficient (Wildman–Crippen LogP) is 2.63. The molecular weight excluding hydrogens is 269 g/mol. The monoisotopic (exact) mass is 287 g/mol. The first kappa shape index (κ1) is 15.0. The number of halogens is 1. The highest BCUT2D eigenvalue weighted by Gasteiger charge is 2.10. The summed E-state index contributed by atoms with van der Waals surface area (Å²) in [5, 5.41) is 5.88. The van der Waals surface area contributed by atoms with Gasteiger partial charge in [-0.1, -0.05) is 12.1 Å². The normalized spacial score (nSPS) is 10.2. The Bertz CT molecular complexity index is 616. The summed E-state index contributed by atoms with van der Waals surface area (Å²) in [4.78, 5) is 16.3. The third-order valence-corrected chi connectivity index (χ3v) is 2.98. The van der Waals surface area contributed by atoms with Crippen molar-refractivity contribution in [2.45, 2.75) is 13.3 Å². The first-order valence-corrected chi connectivity index (χ1v) is 6.92. The zero-order valence-corrected chi connectivity index (χ0v) is 11.9. The average molecular weight is 287 g/mol. The minimum atomic E-state index is -0.263. The molecule has 0 spiro atoms. The van der Waals surface area contributed by atoms with Gasteiger partial charge in [0.05, 0.1) is 5.56 Å². The number of benzene rings is 1. The smallest absolute Gasteiger partial charge is 0.255 e. The highest BCUT2D eigenvalue weighted by atomic mass is 19.1. The largest absolute Gasteiger partial charge is 0.370 e. The number of aromatic nitrogens is 1. The van der Waals surface area contributed by atoms with Crippen LogP contribution in [0.4, 0.5) is 10.2 Å². The summed E-state index contributed by atoms with van der Waals surface area (Å²) in [6, 6.07) is 9.83. The Labute approximate surface area is 123 Å². The van der Waals surface area contributed by atoms with E-state index in [1.165, 1.54) is 12.1 Å². The molecule has 1 amide bonds. The number of nitrogens with zero attached hydrogens (tertiary/aromatic N) is 1. The summed E-state index contributed by atoms with van der Waals surface area (Å²) in [7, 11) is 0. The molecule has 2 rings (SSSR count). The van der Waals surface area contributed by atoms with Crippen molar-refractivity contribution in [1.29, 1.82) is 0 Å². The van der Waals surface area contributed by atoms with Gasteiger partial charge in [0, 0.05) is 19.3 Å². The van der Waals surface area contributed by atoms with Crippen molar-refractivity contribution in [2.24, 2.45) is 0 Å². The van der Waals surface area contributed by atoms with Gasteiger partial charge in [-0.05, 0) is 43.2 Å². The molecule has 0 radical (unpaired) electrons. The number of hydrogen-bond acceptors (Lipinski definition) is 3. The molecule has 0 saturated heterocycles. The van der Waals surface area contributed by atoms with E-state index < -0.39 is 0 Å². The maximum atomic E-state index is 13.1. The van der Waals surface area contributed by atoms with Gasteiger partial charge in [-0.25, -0.2) is 9.37 Å². The van der Waals surface area contributed by atoms with Gasteiger partial charge in [-0.15, -0.1) is 0 Å². The van der Waals surface area contributed by atoms with Crippen molar-refractivity contribution in [2.75, 3.05) is 18.4 Å². The van der Waals surface area contributed by atoms with Gasteiger partial charge in [0.2, 0.25) is 0 Å². The van der Waals surface area contributed by atoms with Crippen LogP contribution in [0.25, 0.3) is 0 Å². The lowest BCUT2D eigenvalue weighted by atomic mass is 10.1. The van der Waals surface area contributed by atoms with Gasteiger partial charge < -0.3 is 10.6 Å². The van der Waals surface area contributed by atoms with E-state index in [0.717, 1.165) is 5.56 Å². The number of rotatable bonds is 6. The molecule has 1 heterocycles. The molecule has 0 aliphatic heterocycles. The molecule has 4 nitrogen and oxygen atoms in total. The molecule has 0 bridgehead atoms. The van der Waals surface area contributed by atoms with E-state index in [0.29, 0.717) is 30.9 Å². The molecule has 0 saturated carbocycles. The molecule has 21 heavy (non-hydrogen) atoms. The highest BCUT2D eigenvalue weighted by molar-refractivity contribution is 5.98. The van der Waals surface area contributed by atoms with Crippen LogP contribution in [-0.4, -0.2) is 24.0 Å². The zero-order chi connectivity index (χ0) is 15.1. The summed E-state index contributed by atoms with van der Waals surface area (Å²) in [5.74, 6) is 0.124. The molecule has 0 unspecified atom stereocenters. The van der Waals surface area contributed by atoms with Crippen molar-refractivity contribution >= 4 is 11.7 Å². The molecule has 1 aromatic heterocycles. The zero-order valence-electron chi connectivity index (χ0n) is 11.9. The van der Waals surface area contributed by atoms with E-state index in [-0.39, 0.29) is 11.7 Å². The van der Waals surface area contributed by atoms with Crippen molar-refractivity contribution < 1.29 is 9.18 Å². The van der Waals surface area contributed by atoms with Crippen molar-refractivity contribution in [3.8, 4) is 0 Å². The number of nitrogens with one attached hydrogen (secondary N) is 2. The fraction of sp³-hybridized carbons (Fsp3) is 0.250. The van der Waals surface area contributed by atoms with E-state index in [1.807, 2.05) is 13.0 Å². The van der Waals surface area contributed by atoms with Crippen LogP contribution in [0.2, 0.25) is 0 Å². The van der Waals surface area contributed by atoms with E-state index in [1.54, 1.807) is 24.4 Å². The maximum Gasteiger partial charge on any atom is 0.255 e. The fourth-order valence-corrected chi connectivity index (χ4v) is 2.00. The molecule has 2 N–H and O–H groups in total. The molecule has 0 fully saturated rings. The van der Waals surface area contributed by atoms with E-state index >= 15 is 0 Å². The van der Waals surface area contributed by atoms with Crippen LogP contribution < -0.4 is 10.6 Å². The van der Waals surface area contributed by atoms with Gasteiger partial charge in [0.15, 0.2) is 0 Å². The number of amides is 1. The van der Waals surface area contributed by atoms with Gasteiger partial charge in [0.1, 0.15) is 11.6 Å². The van der Waals surface area contributed by atoms with E-state index in [2.05, 4.69) is 15.6 Å². The number of carbonyl (C=O) groups is 1. The number of carbonyl (C=O) groups excluding carboxylic acids is 1. The quantitative estimate of drug-likeness (QED) is 0.858. The van der Waals surface area contributed by atoms with Crippen LogP contribution in [0, 0.1) is 5.82 Å². The second kappa shape index (κ2) is 7.38. The molecule has 110 valence electrons. The molecule has 0 atom stereocenters. The van der Waals surface area contributed by atoms with Crippen LogP contribution in [0.15, 0.2) is 42.6 Å². The first-order chi connectivity index (χ1) is 10.2. The summed E-state index contributed by atoms with van der Waals surface area (Å²) in [6.07, 6.45) is 2.22. The van der Waals surface area contributed by atoms with Crippen LogP contribution in [-0.2, 0) is 6.42 Å². The Morgan fingerprint density at radius 2 is 2.14 bits per heavy atom. The highest BCUT2D eigenvalue weighted by Crippen LogP contribution is 2.11. The summed E-state index contributed by atoms with van der Waals surface area (Å²) >= 11 is 0. The third-order valence-electron chi connectivity index (χ3n) is 2.98. The predicted molar refractivity (Wildman–Crippen MR) is 80.8 cm³/mol. The molecule has 1 aromatic carbocycles. The fourth-order valence-electron chi connectivity index (χ4n) is 2.00. The lowest BCUT2D eigenvalue weighted by Gasteiger charge is -2.10. The Morgan fingerprint density at radius 3 is 2.90 bits per heavy atom.